The average molecular weight is 245 g/mol. The van der Waals surface area contributed by atoms with E-state index in [1.165, 1.54) is 16.0 Å². The van der Waals surface area contributed by atoms with Crippen molar-refractivity contribution in [3.8, 4) is 0 Å². The highest BCUT2D eigenvalue weighted by Crippen LogP contribution is 2.20. The van der Waals surface area contributed by atoms with Gasteiger partial charge in [0, 0.05) is 16.5 Å². The molecule has 0 N–H and O–H groups in total. The van der Waals surface area contributed by atoms with Gasteiger partial charge in [0.2, 0.25) is 0 Å². The number of hydrogen-bond acceptors (Lipinski definition) is 2. The van der Waals surface area contributed by atoms with Crippen molar-refractivity contribution >= 4 is 23.4 Å². The van der Waals surface area contributed by atoms with Gasteiger partial charge in [-0.15, -0.1) is 23.4 Å². The van der Waals surface area contributed by atoms with Crippen LogP contribution in [0.2, 0.25) is 0 Å². The number of halogens is 1. The zero-order valence-corrected chi connectivity index (χ0v) is 10.8. The minimum Gasteiger partial charge on any atom is -0.379 e. The topological polar surface area (TPSA) is 9.23 Å². The normalized spacial score (nSPS) is 10.6. The van der Waals surface area contributed by atoms with Crippen LogP contribution in [0, 0.1) is 13.8 Å². The highest BCUT2D eigenvalue weighted by atomic mass is 35.5. The van der Waals surface area contributed by atoms with Gasteiger partial charge in [-0.2, -0.15) is 0 Å². The molecule has 0 unspecified atom stereocenters. The van der Waals surface area contributed by atoms with Gasteiger partial charge in [-0.25, -0.2) is 0 Å². The van der Waals surface area contributed by atoms with Gasteiger partial charge in [0.15, 0.2) is 0 Å². The molecular weight excluding hydrogens is 228 g/mol. The first-order valence-electron chi connectivity index (χ1n) is 5.08. The Labute approximate surface area is 101 Å². The Bertz CT molecular complexity index is 302. The Morgan fingerprint density at radius 1 is 1.20 bits per heavy atom. The minimum atomic E-state index is 0.578. The molecule has 0 spiro atoms. The Hall–Kier alpha value is -0.180. The highest BCUT2D eigenvalue weighted by Gasteiger charge is 1.97. The Morgan fingerprint density at radius 3 is 2.67 bits per heavy atom. The van der Waals surface area contributed by atoms with Gasteiger partial charge in [0.1, 0.15) is 0 Å². The molecule has 84 valence electrons. The number of benzene rings is 1. The molecule has 0 saturated carbocycles. The van der Waals surface area contributed by atoms with Crippen molar-refractivity contribution in [2.24, 2.45) is 0 Å². The third-order valence-electron chi connectivity index (χ3n) is 2.20. The van der Waals surface area contributed by atoms with E-state index in [4.69, 9.17) is 16.3 Å². The van der Waals surface area contributed by atoms with E-state index in [9.17, 15) is 0 Å². The first kappa shape index (κ1) is 12.9. The van der Waals surface area contributed by atoms with Crippen LogP contribution in [0.5, 0.6) is 0 Å². The van der Waals surface area contributed by atoms with Gasteiger partial charge < -0.3 is 4.74 Å². The van der Waals surface area contributed by atoms with Gasteiger partial charge in [-0.1, -0.05) is 6.07 Å². The Morgan fingerprint density at radius 2 is 2.00 bits per heavy atom. The second-order valence-corrected chi connectivity index (χ2v) is 4.94. The van der Waals surface area contributed by atoms with Gasteiger partial charge in [0.25, 0.3) is 0 Å². The van der Waals surface area contributed by atoms with Crippen molar-refractivity contribution in [2.45, 2.75) is 18.7 Å². The molecule has 0 aliphatic rings. The van der Waals surface area contributed by atoms with E-state index in [0.29, 0.717) is 12.5 Å². The zero-order chi connectivity index (χ0) is 11.1. The summed E-state index contributed by atoms with van der Waals surface area (Å²) in [5.74, 6) is 1.56. The fourth-order valence-corrected chi connectivity index (χ4v) is 2.15. The monoisotopic (exact) mass is 244 g/mol. The van der Waals surface area contributed by atoms with Gasteiger partial charge in [-0.3, -0.25) is 0 Å². The molecule has 0 aliphatic carbocycles. The second-order valence-electron chi connectivity index (χ2n) is 3.40. The van der Waals surface area contributed by atoms with Gasteiger partial charge in [0.05, 0.1) is 13.2 Å². The van der Waals surface area contributed by atoms with Crippen LogP contribution in [-0.4, -0.2) is 24.8 Å². The molecule has 0 radical (unpaired) electrons. The molecule has 0 fully saturated rings. The van der Waals surface area contributed by atoms with Crippen molar-refractivity contribution < 1.29 is 4.74 Å². The fourth-order valence-electron chi connectivity index (χ4n) is 1.18. The number of hydrogen-bond donors (Lipinski definition) is 0. The van der Waals surface area contributed by atoms with E-state index in [0.717, 1.165) is 12.4 Å². The second kappa shape index (κ2) is 7.15. The summed E-state index contributed by atoms with van der Waals surface area (Å²) in [5.41, 5.74) is 2.69. The molecule has 0 aliphatic heterocycles. The van der Waals surface area contributed by atoms with Crippen LogP contribution in [-0.2, 0) is 4.74 Å². The summed E-state index contributed by atoms with van der Waals surface area (Å²) in [4.78, 5) is 1.31. The van der Waals surface area contributed by atoms with E-state index in [2.05, 4.69) is 32.0 Å². The molecule has 0 saturated heterocycles. The van der Waals surface area contributed by atoms with Crippen LogP contribution < -0.4 is 0 Å². The smallest absolute Gasteiger partial charge is 0.0602 e. The lowest BCUT2D eigenvalue weighted by Gasteiger charge is -2.05. The minimum absolute atomic E-state index is 0.578. The largest absolute Gasteiger partial charge is 0.379 e. The predicted octanol–water partition coefficient (Wildman–Crippen LogP) is 3.65. The summed E-state index contributed by atoms with van der Waals surface area (Å²) in [5, 5.41) is 0. The quantitative estimate of drug-likeness (QED) is 0.429. The molecule has 15 heavy (non-hydrogen) atoms. The van der Waals surface area contributed by atoms with Crippen LogP contribution in [0.3, 0.4) is 0 Å². The fraction of sp³-hybridized carbons (Fsp3) is 0.500. The molecule has 3 heteroatoms. The maximum Gasteiger partial charge on any atom is 0.0602 e. The third kappa shape index (κ3) is 4.92. The van der Waals surface area contributed by atoms with Crippen molar-refractivity contribution in [1.82, 2.24) is 0 Å². The summed E-state index contributed by atoms with van der Waals surface area (Å²) in [7, 11) is 0. The molecule has 0 atom stereocenters. The SMILES string of the molecule is Cc1ccc(SCCOCCCl)cc1C. The molecule has 1 aromatic carbocycles. The maximum absolute atomic E-state index is 5.50. The lowest BCUT2D eigenvalue weighted by molar-refractivity contribution is 0.166. The van der Waals surface area contributed by atoms with Crippen LogP contribution in [0.25, 0.3) is 0 Å². The first-order chi connectivity index (χ1) is 7.24. The number of aryl methyl sites for hydroxylation is 2. The number of alkyl halides is 1. The zero-order valence-electron chi connectivity index (χ0n) is 9.25. The van der Waals surface area contributed by atoms with Crippen molar-refractivity contribution in [3.05, 3.63) is 29.3 Å². The Balaban J connectivity index is 2.28. The van der Waals surface area contributed by atoms with Crippen molar-refractivity contribution in [1.29, 1.82) is 0 Å². The summed E-state index contributed by atoms with van der Waals surface area (Å²) in [6.07, 6.45) is 0. The number of ether oxygens (including phenoxy) is 1. The van der Waals surface area contributed by atoms with E-state index >= 15 is 0 Å². The molecule has 0 aromatic heterocycles. The van der Waals surface area contributed by atoms with E-state index in [1.54, 1.807) is 0 Å². The summed E-state index contributed by atoms with van der Waals surface area (Å²) in [6, 6.07) is 6.55. The van der Waals surface area contributed by atoms with Crippen molar-refractivity contribution in [2.75, 3.05) is 24.8 Å². The summed E-state index contributed by atoms with van der Waals surface area (Å²) in [6.45, 7) is 5.69. The van der Waals surface area contributed by atoms with Crippen LogP contribution in [0.15, 0.2) is 23.1 Å². The lowest BCUT2D eigenvalue weighted by atomic mass is 10.1. The molecule has 0 bridgehead atoms. The highest BCUT2D eigenvalue weighted by molar-refractivity contribution is 7.99. The lowest BCUT2D eigenvalue weighted by Crippen LogP contribution is -1.99. The van der Waals surface area contributed by atoms with E-state index in [-0.39, 0.29) is 0 Å². The molecular formula is C12H17ClOS. The summed E-state index contributed by atoms with van der Waals surface area (Å²) >= 11 is 7.33. The standard InChI is InChI=1S/C12H17ClOS/c1-10-3-4-12(9-11(10)2)15-8-7-14-6-5-13/h3-4,9H,5-8H2,1-2H3. The summed E-state index contributed by atoms with van der Waals surface area (Å²) < 4.78 is 5.31. The van der Waals surface area contributed by atoms with Crippen molar-refractivity contribution in [3.63, 3.8) is 0 Å². The molecule has 1 nitrogen and oxygen atoms in total. The van der Waals surface area contributed by atoms with Gasteiger partial charge in [-0.05, 0) is 37.1 Å². The molecule has 0 heterocycles. The van der Waals surface area contributed by atoms with Crippen LogP contribution in [0.1, 0.15) is 11.1 Å². The van der Waals surface area contributed by atoms with E-state index < -0.39 is 0 Å². The predicted molar refractivity (Wildman–Crippen MR) is 68.2 cm³/mol. The maximum atomic E-state index is 5.50. The number of rotatable bonds is 6. The number of thioether (sulfide) groups is 1. The van der Waals surface area contributed by atoms with Crippen LogP contribution >= 0.6 is 23.4 Å². The molecule has 1 rings (SSSR count). The third-order valence-corrected chi connectivity index (χ3v) is 3.31. The average Bonchev–Trinajstić information content (AvgIpc) is 2.23. The molecule has 0 amide bonds. The van der Waals surface area contributed by atoms with E-state index in [1.807, 2.05) is 11.8 Å². The van der Waals surface area contributed by atoms with Gasteiger partial charge >= 0.3 is 0 Å². The molecule has 1 aromatic rings. The first-order valence-corrected chi connectivity index (χ1v) is 6.60. The Kier molecular flexibility index (Phi) is 6.15. The van der Waals surface area contributed by atoms with Crippen LogP contribution in [0.4, 0.5) is 0 Å².